The van der Waals surface area contributed by atoms with Gasteiger partial charge in [-0.1, -0.05) is 33.6 Å². The molecular weight excluding hydrogens is 255 g/mol. The third-order valence-electron chi connectivity index (χ3n) is 1.72. The zero-order valence-electron chi connectivity index (χ0n) is 6.87. The third kappa shape index (κ3) is 2.95. The van der Waals surface area contributed by atoms with E-state index in [9.17, 15) is 5.11 Å². The van der Waals surface area contributed by atoms with Gasteiger partial charge < -0.3 is 10.2 Å². The molecule has 2 nitrogen and oxygen atoms in total. The molecule has 0 aromatic heterocycles. The number of hydrogen-bond acceptors (Lipinski definition) is 2. The molecule has 0 spiro atoms. The van der Waals surface area contributed by atoms with Crippen molar-refractivity contribution >= 4 is 27.5 Å². The van der Waals surface area contributed by atoms with Crippen molar-refractivity contribution in [2.75, 3.05) is 6.61 Å². The van der Waals surface area contributed by atoms with E-state index < -0.39 is 6.10 Å². The summed E-state index contributed by atoms with van der Waals surface area (Å²) in [6, 6.07) is 5.27. The fourth-order valence-corrected chi connectivity index (χ4v) is 1.85. The number of hydrogen-bond donors (Lipinski definition) is 2. The summed E-state index contributed by atoms with van der Waals surface area (Å²) in [5.41, 5.74) is 0.652. The Bertz CT molecular complexity index is 291. The summed E-state index contributed by atoms with van der Waals surface area (Å²) in [4.78, 5) is 0. The summed E-state index contributed by atoms with van der Waals surface area (Å²) in [5.74, 6) is 0. The zero-order chi connectivity index (χ0) is 9.84. The molecule has 4 heteroatoms. The van der Waals surface area contributed by atoms with Crippen LogP contribution in [-0.4, -0.2) is 16.8 Å². The van der Waals surface area contributed by atoms with Gasteiger partial charge >= 0.3 is 0 Å². The summed E-state index contributed by atoms with van der Waals surface area (Å²) >= 11 is 9.16. The molecule has 0 bridgehead atoms. The van der Waals surface area contributed by atoms with Crippen LogP contribution in [0.4, 0.5) is 0 Å². The topological polar surface area (TPSA) is 40.5 Å². The van der Waals surface area contributed by atoms with Crippen molar-refractivity contribution in [2.45, 2.75) is 12.5 Å². The van der Waals surface area contributed by atoms with Crippen molar-refractivity contribution in [3.05, 3.63) is 33.3 Å². The van der Waals surface area contributed by atoms with E-state index in [0.29, 0.717) is 17.0 Å². The van der Waals surface area contributed by atoms with Crippen LogP contribution in [0.25, 0.3) is 0 Å². The van der Waals surface area contributed by atoms with Crippen LogP contribution in [-0.2, 0) is 0 Å². The molecular formula is C9H10BrClO2. The Morgan fingerprint density at radius 2 is 2.15 bits per heavy atom. The summed E-state index contributed by atoms with van der Waals surface area (Å²) < 4.78 is 0.873. The molecule has 1 atom stereocenters. The zero-order valence-corrected chi connectivity index (χ0v) is 9.22. The highest BCUT2D eigenvalue weighted by molar-refractivity contribution is 9.10. The molecule has 0 aliphatic carbocycles. The van der Waals surface area contributed by atoms with Gasteiger partial charge in [0.15, 0.2) is 0 Å². The fraction of sp³-hybridized carbons (Fsp3) is 0.333. The SMILES string of the molecule is OCCC(O)c1ccc(Br)cc1Cl. The van der Waals surface area contributed by atoms with Crippen LogP contribution in [0.5, 0.6) is 0 Å². The molecule has 13 heavy (non-hydrogen) atoms. The van der Waals surface area contributed by atoms with Crippen LogP contribution in [0.3, 0.4) is 0 Å². The predicted octanol–water partition coefficient (Wildman–Crippen LogP) is 2.52. The second kappa shape index (κ2) is 4.96. The average Bonchev–Trinajstić information content (AvgIpc) is 2.04. The first-order chi connectivity index (χ1) is 6.15. The lowest BCUT2D eigenvalue weighted by molar-refractivity contribution is 0.134. The van der Waals surface area contributed by atoms with Crippen LogP contribution >= 0.6 is 27.5 Å². The standard InChI is InChI=1S/C9H10BrClO2/c10-6-1-2-7(8(11)5-6)9(13)3-4-12/h1-2,5,9,12-13H,3-4H2. The van der Waals surface area contributed by atoms with Crippen LogP contribution in [0.1, 0.15) is 18.1 Å². The number of aliphatic hydroxyl groups excluding tert-OH is 2. The highest BCUT2D eigenvalue weighted by atomic mass is 79.9. The minimum Gasteiger partial charge on any atom is -0.396 e. The Morgan fingerprint density at radius 1 is 1.46 bits per heavy atom. The molecule has 1 aromatic rings. The molecule has 1 unspecified atom stereocenters. The van der Waals surface area contributed by atoms with Crippen LogP contribution in [0, 0.1) is 0 Å². The van der Waals surface area contributed by atoms with E-state index in [2.05, 4.69) is 15.9 Å². The molecule has 0 radical (unpaired) electrons. The van der Waals surface area contributed by atoms with Crippen LogP contribution in [0.15, 0.2) is 22.7 Å². The summed E-state index contributed by atoms with van der Waals surface area (Å²) in [5, 5.41) is 18.7. The Hall–Kier alpha value is -0.0900. The molecule has 0 saturated heterocycles. The Kier molecular flexibility index (Phi) is 4.19. The van der Waals surface area contributed by atoms with Crippen LogP contribution in [0.2, 0.25) is 5.02 Å². The molecule has 0 heterocycles. The number of aliphatic hydroxyl groups is 2. The monoisotopic (exact) mass is 264 g/mol. The average molecular weight is 266 g/mol. The lowest BCUT2D eigenvalue weighted by atomic mass is 10.1. The molecule has 72 valence electrons. The van der Waals surface area contributed by atoms with E-state index in [1.54, 1.807) is 12.1 Å². The van der Waals surface area contributed by atoms with E-state index in [0.717, 1.165) is 4.47 Å². The highest BCUT2D eigenvalue weighted by Crippen LogP contribution is 2.27. The Balaban J connectivity index is 2.88. The first-order valence-corrected chi connectivity index (χ1v) is 5.06. The lowest BCUT2D eigenvalue weighted by Gasteiger charge is -2.10. The highest BCUT2D eigenvalue weighted by Gasteiger charge is 2.10. The summed E-state index contributed by atoms with van der Waals surface area (Å²) in [6.07, 6.45) is -0.382. The molecule has 0 aliphatic heterocycles. The minimum absolute atomic E-state index is 0.0481. The smallest absolute Gasteiger partial charge is 0.0826 e. The maximum absolute atomic E-state index is 9.53. The first kappa shape index (κ1) is 11.0. The fourth-order valence-electron chi connectivity index (χ4n) is 1.05. The Labute approximate surface area is 90.3 Å². The van der Waals surface area contributed by atoms with E-state index in [4.69, 9.17) is 16.7 Å². The maximum Gasteiger partial charge on any atom is 0.0826 e. The van der Waals surface area contributed by atoms with Gasteiger partial charge in [-0.25, -0.2) is 0 Å². The van der Waals surface area contributed by atoms with E-state index in [1.807, 2.05) is 6.07 Å². The van der Waals surface area contributed by atoms with Gasteiger partial charge in [0.2, 0.25) is 0 Å². The largest absolute Gasteiger partial charge is 0.396 e. The van der Waals surface area contributed by atoms with Gasteiger partial charge in [-0.3, -0.25) is 0 Å². The predicted molar refractivity (Wildman–Crippen MR) is 55.8 cm³/mol. The molecule has 0 aliphatic rings. The van der Waals surface area contributed by atoms with Crippen molar-refractivity contribution in [1.82, 2.24) is 0 Å². The first-order valence-electron chi connectivity index (χ1n) is 3.89. The van der Waals surface area contributed by atoms with E-state index in [-0.39, 0.29) is 6.61 Å². The van der Waals surface area contributed by atoms with E-state index >= 15 is 0 Å². The van der Waals surface area contributed by atoms with Gasteiger partial charge in [0, 0.05) is 22.5 Å². The van der Waals surface area contributed by atoms with Crippen molar-refractivity contribution in [1.29, 1.82) is 0 Å². The Morgan fingerprint density at radius 3 is 2.69 bits per heavy atom. The molecule has 2 N–H and O–H groups in total. The lowest BCUT2D eigenvalue weighted by Crippen LogP contribution is -2.00. The molecule has 0 fully saturated rings. The normalized spacial score (nSPS) is 12.9. The number of rotatable bonds is 3. The second-order valence-electron chi connectivity index (χ2n) is 2.69. The van der Waals surface area contributed by atoms with Gasteiger partial charge in [0.25, 0.3) is 0 Å². The molecule has 1 aromatic carbocycles. The van der Waals surface area contributed by atoms with Gasteiger partial charge in [-0.15, -0.1) is 0 Å². The van der Waals surface area contributed by atoms with Crippen molar-refractivity contribution in [2.24, 2.45) is 0 Å². The summed E-state index contributed by atoms with van der Waals surface area (Å²) in [7, 11) is 0. The molecule has 1 rings (SSSR count). The molecule has 0 saturated carbocycles. The molecule has 0 amide bonds. The van der Waals surface area contributed by atoms with E-state index in [1.165, 1.54) is 0 Å². The van der Waals surface area contributed by atoms with Crippen LogP contribution < -0.4 is 0 Å². The minimum atomic E-state index is -0.689. The maximum atomic E-state index is 9.53. The summed E-state index contributed by atoms with van der Waals surface area (Å²) in [6.45, 7) is -0.0481. The number of halogens is 2. The van der Waals surface area contributed by atoms with Crippen molar-refractivity contribution in [3.63, 3.8) is 0 Å². The quantitative estimate of drug-likeness (QED) is 0.882. The third-order valence-corrected chi connectivity index (χ3v) is 2.54. The number of benzene rings is 1. The van der Waals surface area contributed by atoms with Gasteiger partial charge in [-0.2, -0.15) is 0 Å². The second-order valence-corrected chi connectivity index (χ2v) is 4.02. The van der Waals surface area contributed by atoms with Gasteiger partial charge in [-0.05, 0) is 17.7 Å². The van der Waals surface area contributed by atoms with Gasteiger partial charge in [0.1, 0.15) is 0 Å². The van der Waals surface area contributed by atoms with Crippen molar-refractivity contribution in [3.8, 4) is 0 Å². The van der Waals surface area contributed by atoms with Gasteiger partial charge in [0.05, 0.1) is 6.10 Å². The van der Waals surface area contributed by atoms with Crippen molar-refractivity contribution < 1.29 is 10.2 Å².